The number of fused-ring (bicyclic) bond motifs is 1. The summed E-state index contributed by atoms with van der Waals surface area (Å²) in [6.07, 6.45) is 9.51. The minimum Gasteiger partial charge on any atom is -0.0839 e. The highest BCUT2D eigenvalue weighted by molar-refractivity contribution is 5.32. The van der Waals surface area contributed by atoms with Crippen molar-refractivity contribution in [3.8, 4) is 0 Å². The van der Waals surface area contributed by atoms with E-state index in [9.17, 15) is 0 Å². The molecule has 1 atom stereocenters. The third-order valence-electron chi connectivity index (χ3n) is 4.44. The van der Waals surface area contributed by atoms with Gasteiger partial charge in [-0.1, -0.05) is 51.5 Å². The maximum atomic E-state index is 2.41. The molecule has 0 heterocycles. The fourth-order valence-electron chi connectivity index (χ4n) is 2.85. The zero-order valence-corrected chi connectivity index (χ0v) is 9.22. The van der Waals surface area contributed by atoms with Crippen LogP contribution in [-0.4, -0.2) is 0 Å². The summed E-state index contributed by atoms with van der Waals surface area (Å²) in [5, 5.41) is 0. The van der Waals surface area contributed by atoms with E-state index in [1.54, 1.807) is 5.57 Å². The van der Waals surface area contributed by atoms with Crippen LogP contribution >= 0.6 is 0 Å². The van der Waals surface area contributed by atoms with Gasteiger partial charge in [0.15, 0.2) is 0 Å². The summed E-state index contributed by atoms with van der Waals surface area (Å²) >= 11 is 0. The van der Waals surface area contributed by atoms with Gasteiger partial charge in [0, 0.05) is 0 Å². The predicted molar refractivity (Wildman–Crippen MR) is 57.5 cm³/mol. The van der Waals surface area contributed by atoms with Gasteiger partial charge in [-0.15, -0.1) is 0 Å². The van der Waals surface area contributed by atoms with E-state index in [1.165, 1.54) is 12.8 Å². The van der Waals surface area contributed by atoms with E-state index in [0.717, 1.165) is 5.92 Å². The van der Waals surface area contributed by atoms with Crippen LogP contribution in [0.4, 0.5) is 0 Å². The van der Waals surface area contributed by atoms with Crippen LogP contribution < -0.4 is 0 Å². The van der Waals surface area contributed by atoms with Crippen molar-refractivity contribution in [1.29, 1.82) is 0 Å². The van der Waals surface area contributed by atoms with Crippen LogP contribution in [0.3, 0.4) is 0 Å². The van der Waals surface area contributed by atoms with Crippen molar-refractivity contribution in [3.05, 3.63) is 23.8 Å². The SMILES string of the molecule is CC1(C)CC2CC=CC=C2C1(C)C. The molecule has 13 heavy (non-hydrogen) atoms. The van der Waals surface area contributed by atoms with E-state index >= 15 is 0 Å². The summed E-state index contributed by atoms with van der Waals surface area (Å²) in [6.45, 7) is 9.62. The van der Waals surface area contributed by atoms with E-state index in [4.69, 9.17) is 0 Å². The third kappa shape index (κ3) is 1.11. The lowest BCUT2D eigenvalue weighted by Crippen LogP contribution is -2.27. The molecular weight excluding hydrogens is 156 g/mol. The van der Waals surface area contributed by atoms with Crippen molar-refractivity contribution in [2.24, 2.45) is 16.7 Å². The smallest absolute Gasteiger partial charge is 0.00873 e. The van der Waals surface area contributed by atoms with Gasteiger partial charge < -0.3 is 0 Å². The normalized spacial score (nSPS) is 34.2. The summed E-state index contributed by atoms with van der Waals surface area (Å²) in [7, 11) is 0. The van der Waals surface area contributed by atoms with Gasteiger partial charge in [-0.05, 0) is 29.6 Å². The Morgan fingerprint density at radius 3 is 2.54 bits per heavy atom. The summed E-state index contributed by atoms with van der Waals surface area (Å²) in [4.78, 5) is 0. The third-order valence-corrected chi connectivity index (χ3v) is 4.44. The Bertz CT molecular complexity index is 276. The molecule has 1 unspecified atom stereocenters. The van der Waals surface area contributed by atoms with Crippen molar-refractivity contribution in [3.63, 3.8) is 0 Å². The number of rotatable bonds is 0. The fourth-order valence-corrected chi connectivity index (χ4v) is 2.85. The quantitative estimate of drug-likeness (QED) is 0.524. The topological polar surface area (TPSA) is 0 Å². The van der Waals surface area contributed by atoms with Crippen LogP contribution in [0.2, 0.25) is 0 Å². The zero-order chi connectivity index (χ0) is 9.69. The van der Waals surface area contributed by atoms with Gasteiger partial charge in [0.1, 0.15) is 0 Å². The van der Waals surface area contributed by atoms with Crippen molar-refractivity contribution in [2.75, 3.05) is 0 Å². The van der Waals surface area contributed by atoms with Crippen LogP contribution in [0.5, 0.6) is 0 Å². The first kappa shape index (κ1) is 9.05. The molecule has 0 aromatic carbocycles. The highest BCUT2D eigenvalue weighted by Gasteiger charge is 2.49. The van der Waals surface area contributed by atoms with E-state index in [0.29, 0.717) is 10.8 Å². The van der Waals surface area contributed by atoms with Crippen LogP contribution in [0.1, 0.15) is 40.5 Å². The largest absolute Gasteiger partial charge is 0.0839 e. The average molecular weight is 176 g/mol. The maximum Gasteiger partial charge on any atom is -0.00873 e. The second-order valence-corrected chi connectivity index (χ2v) is 5.70. The minimum absolute atomic E-state index is 0.391. The summed E-state index contributed by atoms with van der Waals surface area (Å²) in [5.41, 5.74) is 2.54. The molecule has 2 aliphatic carbocycles. The Hall–Kier alpha value is -0.520. The second-order valence-electron chi connectivity index (χ2n) is 5.70. The molecule has 0 N–H and O–H groups in total. The summed E-state index contributed by atoms with van der Waals surface area (Å²) in [5.74, 6) is 0.829. The molecule has 0 saturated heterocycles. The fraction of sp³-hybridized carbons (Fsp3) is 0.692. The Morgan fingerprint density at radius 1 is 1.23 bits per heavy atom. The number of hydrogen-bond acceptors (Lipinski definition) is 0. The molecule has 2 aliphatic rings. The number of hydrogen-bond donors (Lipinski definition) is 0. The maximum absolute atomic E-state index is 2.41. The van der Waals surface area contributed by atoms with E-state index in [1.807, 2.05) is 0 Å². The highest BCUT2D eigenvalue weighted by atomic mass is 14.5. The van der Waals surface area contributed by atoms with Crippen LogP contribution in [-0.2, 0) is 0 Å². The van der Waals surface area contributed by atoms with Crippen molar-refractivity contribution in [2.45, 2.75) is 40.5 Å². The lowest BCUT2D eigenvalue weighted by molar-refractivity contribution is 0.186. The molecule has 0 bridgehead atoms. The molecule has 1 saturated carbocycles. The minimum atomic E-state index is 0.391. The van der Waals surface area contributed by atoms with Gasteiger partial charge >= 0.3 is 0 Å². The molecule has 0 aromatic heterocycles. The molecule has 0 heteroatoms. The molecule has 72 valence electrons. The Labute approximate surface area is 81.7 Å². The van der Waals surface area contributed by atoms with Crippen LogP contribution in [0, 0.1) is 16.7 Å². The first-order chi connectivity index (χ1) is 5.95. The molecule has 0 aromatic rings. The monoisotopic (exact) mass is 176 g/mol. The van der Waals surface area contributed by atoms with Crippen molar-refractivity contribution >= 4 is 0 Å². The first-order valence-corrected chi connectivity index (χ1v) is 5.32. The molecule has 1 fully saturated rings. The molecular formula is C13H20. The predicted octanol–water partition coefficient (Wildman–Crippen LogP) is 3.95. The van der Waals surface area contributed by atoms with Crippen molar-refractivity contribution < 1.29 is 0 Å². The van der Waals surface area contributed by atoms with Gasteiger partial charge in [0.05, 0.1) is 0 Å². The van der Waals surface area contributed by atoms with E-state index < -0.39 is 0 Å². The van der Waals surface area contributed by atoms with Gasteiger partial charge in [-0.3, -0.25) is 0 Å². The second kappa shape index (κ2) is 2.50. The molecule has 0 spiro atoms. The molecule has 2 rings (SSSR count). The Balaban J connectivity index is 2.43. The zero-order valence-electron chi connectivity index (χ0n) is 9.22. The Kier molecular flexibility index (Phi) is 1.74. The standard InChI is InChI=1S/C13H20/c1-12(2)9-10-7-5-6-8-11(10)13(12,3)4/h5-6,8,10H,7,9H2,1-4H3. The molecule has 0 aliphatic heterocycles. The van der Waals surface area contributed by atoms with Gasteiger partial charge in [-0.2, -0.15) is 0 Å². The van der Waals surface area contributed by atoms with Crippen LogP contribution in [0.25, 0.3) is 0 Å². The molecule has 0 amide bonds. The van der Waals surface area contributed by atoms with E-state index in [2.05, 4.69) is 45.9 Å². The lowest BCUT2D eigenvalue weighted by Gasteiger charge is -2.36. The highest BCUT2D eigenvalue weighted by Crippen LogP contribution is 2.59. The Morgan fingerprint density at radius 2 is 1.92 bits per heavy atom. The van der Waals surface area contributed by atoms with Crippen molar-refractivity contribution in [1.82, 2.24) is 0 Å². The number of allylic oxidation sites excluding steroid dienone is 4. The summed E-state index contributed by atoms with van der Waals surface area (Å²) < 4.78 is 0. The van der Waals surface area contributed by atoms with Crippen LogP contribution in [0.15, 0.2) is 23.8 Å². The van der Waals surface area contributed by atoms with Gasteiger partial charge in [0.25, 0.3) is 0 Å². The average Bonchev–Trinajstić information content (AvgIpc) is 2.20. The molecule has 0 radical (unpaired) electrons. The first-order valence-electron chi connectivity index (χ1n) is 5.32. The lowest BCUT2D eigenvalue weighted by atomic mass is 9.69. The van der Waals surface area contributed by atoms with Gasteiger partial charge in [0.2, 0.25) is 0 Å². The van der Waals surface area contributed by atoms with Gasteiger partial charge in [-0.25, -0.2) is 0 Å². The molecule has 0 nitrogen and oxygen atoms in total. The summed E-state index contributed by atoms with van der Waals surface area (Å²) in [6, 6.07) is 0. The van der Waals surface area contributed by atoms with E-state index in [-0.39, 0.29) is 0 Å².